The highest BCUT2D eigenvalue weighted by molar-refractivity contribution is 5.97. The molecule has 0 saturated carbocycles. The molecule has 3 aromatic rings. The Labute approximate surface area is 103 Å². The van der Waals surface area contributed by atoms with Crippen molar-refractivity contribution in [1.82, 2.24) is 10.2 Å². The second-order valence-electron chi connectivity index (χ2n) is 4.00. The van der Waals surface area contributed by atoms with Gasteiger partial charge >= 0.3 is 5.97 Å². The summed E-state index contributed by atoms with van der Waals surface area (Å²) in [6, 6.07) is 15.4. The van der Waals surface area contributed by atoms with Gasteiger partial charge in [-0.3, -0.25) is 5.10 Å². The molecule has 0 aliphatic carbocycles. The highest BCUT2D eigenvalue weighted by Gasteiger charge is 2.10. The van der Waals surface area contributed by atoms with Crippen LogP contribution in [-0.2, 0) is 0 Å². The molecule has 0 fully saturated rings. The van der Waals surface area contributed by atoms with Crippen molar-refractivity contribution in [3.8, 4) is 11.3 Å². The largest absolute Gasteiger partial charge is 0.477 e. The zero-order chi connectivity index (χ0) is 12.5. The maximum atomic E-state index is 10.8. The molecule has 0 saturated heterocycles. The van der Waals surface area contributed by atoms with Gasteiger partial charge in [-0.15, -0.1) is 0 Å². The number of carboxylic acid groups (broad SMARTS) is 1. The molecule has 2 N–H and O–H groups in total. The van der Waals surface area contributed by atoms with Crippen LogP contribution < -0.4 is 0 Å². The molecule has 3 rings (SSSR count). The molecule has 0 spiro atoms. The summed E-state index contributed by atoms with van der Waals surface area (Å²) in [5.74, 6) is -1.01. The van der Waals surface area contributed by atoms with E-state index in [1.165, 1.54) is 0 Å². The third-order valence-corrected chi connectivity index (χ3v) is 2.87. The molecule has 1 aromatic heterocycles. The number of hydrogen-bond donors (Lipinski definition) is 2. The summed E-state index contributed by atoms with van der Waals surface area (Å²) in [6.45, 7) is 0. The van der Waals surface area contributed by atoms with Gasteiger partial charge < -0.3 is 5.11 Å². The zero-order valence-corrected chi connectivity index (χ0v) is 9.42. The highest BCUT2D eigenvalue weighted by atomic mass is 16.4. The minimum absolute atomic E-state index is 0.0953. The molecule has 1 heterocycles. The summed E-state index contributed by atoms with van der Waals surface area (Å²) in [7, 11) is 0. The first-order valence-corrected chi connectivity index (χ1v) is 5.52. The molecule has 0 aliphatic heterocycles. The van der Waals surface area contributed by atoms with Crippen molar-refractivity contribution in [1.29, 1.82) is 0 Å². The Balaban J connectivity index is 2.21. The van der Waals surface area contributed by atoms with E-state index in [4.69, 9.17) is 5.11 Å². The van der Waals surface area contributed by atoms with Gasteiger partial charge in [-0.05, 0) is 16.8 Å². The molecule has 0 unspecified atom stereocenters. The number of nitrogens with zero attached hydrogens (tertiary/aromatic N) is 1. The van der Waals surface area contributed by atoms with E-state index in [2.05, 4.69) is 10.2 Å². The molecule has 18 heavy (non-hydrogen) atoms. The first kappa shape index (κ1) is 10.5. The van der Waals surface area contributed by atoms with E-state index in [0.717, 1.165) is 16.3 Å². The van der Waals surface area contributed by atoms with Gasteiger partial charge in [0.1, 0.15) is 5.69 Å². The third-order valence-electron chi connectivity index (χ3n) is 2.87. The van der Waals surface area contributed by atoms with Crippen LogP contribution in [0, 0.1) is 0 Å². The van der Waals surface area contributed by atoms with Gasteiger partial charge in [0.2, 0.25) is 0 Å². The number of carboxylic acids is 1. The van der Waals surface area contributed by atoms with Crippen LogP contribution in [0.15, 0.2) is 48.5 Å². The third kappa shape index (κ3) is 1.64. The highest BCUT2D eigenvalue weighted by Crippen LogP contribution is 2.27. The van der Waals surface area contributed by atoms with Gasteiger partial charge in [-0.2, -0.15) is 5.10 Å². The fourth-order valence-corrected chi connectivity index (χ4v) is 2.02. The number of nitrogens with one attached hydrogen (secondary N) is 1. The molecular weight excluding hydrogens is 228 g/mol. The predicted octanol–water partition coefficient (Wildman–Crippen LogP) is 2.93. The van der Waals surface area contributed by atoms with Crippen LogP contribution in [-0.4, -0.2) is 21.3 Å². The first-order chi connectivity index (χ1) is 8.75. The lowest BCUT2D eigenvalue weighted by atomic mass is 10.0. The summed E-state index contributed by atoms with van der Waals surface area (Å²) in [5.41, 5.74) is 1.67. The standard InChI is InChI=1S/C14H10N2O2/c17-14(18)13-8-12(15-16-13)11-7-3-5-9-4-1-2-6-10(9)11/h1-8H,(H,15,16)(H,17,18). The average molecular weight is 238 g/mol. The van der Waals surface area contributed by atoms with Crippen LogP contribution in [0.5, 0.6) is 0 Å². The molecule has 2 aromatic carbocycles. The average Bonchev–Trinajstić information content (AvgIpc) is 2.87. The van der Waals surface area contributed by atoms with Gasteiger partial charge in [0.15, 0.2) is 0 Å². The van der Waals surface area contributed by atoms with Gasteiger partial charge in [-0.1, -0.05) is 42.5 Å². The Morgan fingerprint density at radius 1 is 1.11 bits per heavy atom. The normalized spacial score (nSPS) is 10.7. The van der Waals surface area contributed by atoms with E-state index in [9.17, 15) is 4.79 Å². The smallest absolute Gasteiger partial charge is 0.353 e. The van der Waals surface area contributed by atoms with E-state index in [1.807, 2.05) is 42.5 Å². The van der Waals surface area contributed by atoms with Crippen molar-refractivity contribution in [3.05, 3.63) is 54.2 Å². The van der Waals surface area contributed by atoms with Crippen LogP contribution in [0.3, 0.4) is 0 Å². The van der Waals surface area contributed by atoms with Crippen molar-refractivity contribution in [3.63, 3.8) is 0 Å². The topological polar surface area (TPSA) is 66.0 Å². The monoisotopic (exact) mass is 238 g/mol. The maximum absolute atomic E-state index is 10.8. The lowest BCUT2D eigenvalue weighted by Gasteiger charge is -2.02. The molecule has 0 aliphatic rings. The SMILES string of the molecule is O=C(O)c1cc(-c2cccc3ccccc23)n[nH]1. The van der Waals surface area contributed by atoms with E-state index in [0.29, 0.717) is 5.69 Å². The first-order valence-electron chi connectivity index (χ1n) is 5.52. The number of carbonyl (C=O) groups is 1. The predicted molar refractivity (Wildman–Crippen MR) is 68.5 cm³/mol. The lowest BCUT2D eigenvalue weighted by Crippen LogP contribution is -1.95. The minimum Gasteiger partial charge on any atom is -0.477 e. The van der Waals surface area contributed by atoms with E-state index in [1.54, 1.807) is 6.07 Å². The summed E-state index contributed by atoms with van der Waals surface area (Å²) < 4.78 is 0. The maximum Gasteiger partial charge on any atom is 0.353 e. The molecule has 0 amide bonds. The molecule has 4 nitrogen and oxygen atoms in total. The summed E-state index contributed by atoms with van der Waals surface area (Å²) in [5, 5.41) is 17.6. The molecule has 4 heteroatoms. The molecule has 0 atom stereocenters. The van der Waals surface area contributed by atoms with Crippen LogP contribution >= 0.6 is 0 Å². The van der Waals surface area contributed by atoms with Crippen molar-refractivity contribution in [2.24, 2.45) is 0 Å². The van der Waals surface area contributed by atoms with Gasteiger partial charge in [0.05, 0.1) is 5.69 Å². The Hall–Kier alpha value is -2.62. The van der Waals surface area contributed by atoms with Crippen molar-refractivity contribution >= 4 is 16.7 Å². The molecule has 0 bridgehead atoms. The lowest BCUT2D eigenvalue weighted by molar-refractivity contribution is 0.0690. The van der Waals surface area contributed by atoms with Gasteiger partial charge in [0, 0.05) is 5.56 Å². The number of fused-ring (bicyclic) bond motifs is 1. The second-order valence-corrected chi connectivity index (χ2v) is 4.00. The van der Waals surface area contributed by atoms with Crippen LogP contribution in [0.4, 0.5) is 0 Å². The summed E-state index contributed by atoms with van der Waals surface area (Å²) in [4.78, 5) is 10.8. The number of rotatable bonds is 2. The number of benzene rings is 2. The minimum atomic E-state index is -1.01. The number of aromatic carboxylic acids is 1. The molecular formula is C14H10N2O2. The second kappa shape index (κ2) is 4.00. The fraction of sp³-hybridized carbons (Fsp3) is 0. The Kier molecular flexibility index (Phi) is 2.34. The van der Waals surface area contributed by atoms with Gasteiger partial charge in [-0.25, -0.2) is 4.79 Å². The van der Waals surface area contributed by atoms with Crippen LogP contribution in [0.2, 0.25) is 0 Å². The molecule has 88 valence electrons. The summed E-state index contributed by atoms with van der Waals surface area (Å²) >= 11 is 0. The molecule has 0 radical (unpaired) electrons. The number of H-pyrrole nitrogens is 1. The number of aromatic amines is 1. The Morgan fingerprint density at radius 3 is 2.67 bits per heavy atom. The fourth-order valence-electron chi connectivity index (χ4n) is 2.02. The summed E-state index contributed by atoms with van der Waals surface area (Å²) in [6.07, 6.45) is 0. The van der Waals surface area contributed by atoms with E-state index in [-0.39, 0.29) is 5.69 Å². The van der Waals surface area contributed by atoms with Crippen molar-refractivity contribution in [2.45, 2.75) is 0 Å². The van der Waals surface area contributed by atoms with Crippen LogP contribution in [0.25, 0.3) is 22.0 Å². The van der Waals surface area contributed by atoms with Crippen molar-refractivity contribution in [2.75, 3.05) is 0 Å². The zero-order valence-electron chi connectivity index (χ0n) is 9.42. The van der Waals surface area contributed by atoms with Gasteiger partial charge in [0.25, 0.3) is 0 Å². The van der Waals surface area contributed by atoms with E-state index < -0.39 is 5.97 Å². The number of hydrogen-bond acceptors (Lipinski definition) is 2. The quantitative estimate of drug-likeness (QED) is 0.721. The number of aromatic nitrogens is 2. The Morgan fingerprint density at radius 2 is 1.89 bits per heavy atom. The Bertz CT molecular complexity index is 726. The van der Waals surface area contributed by atoms with Crippen molar-refractivity contribution < 1.29 is 9.90 Å². The van der Waals surface area contributed by atoms with E-state index >= 15 is 0 Å². The van der Waals surface area contributed by atoms with Crippen LogP contribution in [0.1, 0.15) is 10.5 Å².